The average Bonchev–Trinajstić information content (AvgIpc) is 3.16. The Balaban J connectivity index is 1.52. The number of nitrogens with zero attached hydrogens (tertiary/aromatic N) is 1. The Morgan fingerprint density at radius 3 is 2.72 bits per heavy atom. The molecule has 1 aromatic heterocycles. The van der Waals surface area contributed by atoms with E-state index in [1.165, 1.54) is 13.2 Å². The van der Waals surface area contributed by atoms with Gasteiger partial charge in [-0.2, -0.15) is 0 Å². The van der Waals surface area contributed by atoms with Gasteiger partial charge in [-0.05, 0) is 67.2 Å². The van der Waals surface area contributed by atoms with Crippen LogP contribution < -0.4 is 15.4 Å². The zero-order valence-corrected chi connectivity index (χ0v) is 19.4. The number of ether oxygens (including phenoxy) is 1. The molecule has 0 saturated heterocycles. The highest BCUT2D eigenvalue weighted by molar-refractivity contribution is 9.10. The van der Waals surface area contributed by atoms with Gasteiger partial charge in [-0.15, -0.1) is 0 Å². The van der Waals surface area contributed by atoms with Gasteiger partial charge in [0.1, 0.15) is 17.1 Å². The first kappa shape index (κ1) is 21.9. The highest BCUT2D eigenvalue weighted by atomic mass is 79.9. The molecule has 0 unspecified atom stereocenters. The first-order valence-corrected chi connectivity index (χ1v) is 10.7. The standard InChI is InChI=1S/C23H17BrFN3O3S/c1-12-9-13(24)10-16(20(12)30-2)21(29)28-23(32)26-14-7-8-19-18(11-14)27-22(31-19)15-5-3-4-6-17(15)25/h3-11H,1-2H3,(H2,26,28,29,32). The van der Waals surface area contributed by atoms with Gasteiger partial charge in [0.05, 0.1) is 18.2 Å². The topological polar surface area (TPSA) is 76.4 Å². The number of carbonyl (C=O) groups is 1. The highest BCUT2D eigenvalue weighted by Gasteiger charge is 2.17. The lowest BCUT2D eigenvalue weighted by atomic mass is 10.1. The molecule has 0 atom stereocenters. The molecule has 1 amide bonds. The number of nitrogens with one attached hydrogen (secondary N) is 2. The number of aromatic nitrogens is 1. The predicted octanol–water partition coefficient (Wildman–Crippen LogP) is 5.84. The maximum Gasteiger partial charge on any atom is 0.261 e. The molecule has 4 aromatic rings. The summed E-state index contributed by atoms with van der Waals surface area (Å²) in [4.78, 5) is 17.1. The van der Waals surface area contributed by atoms with Gasteiger partial charge < -0.3 is 14.5 Å². The van der Waals surface area contributed by atoms with Gasteiger partial charge in [0.25, 0.3) is 5.91 Å². The lowest BCUT2D eigenvalue weighted by Crippen LogP contribution is -2.34. The molecule has 0 aliphatic heterocycles. The van der Waals surface area contributed by atoms with Gasteiger partial charge in [-0.1, -0.05) is 28.1 Å². The van der Waals surface area contributed by atoms with E-state index in [0.717, 1.165) is 10.0 Å². The summed E-state index contributed by atoms with van der Waals surface area (Å²) in [6.45, 7) is 1.85. The lowest BCUT2D eigenvalue weighted by Gasteiger charge is -2.13. The molecule has 0 aliphatic rings. The average molecular weight is 514 g/mol. The molecular formula is C23H17BrFN3O3S. The number of fused-ring (bicyclic) bond motifs is 1. The number of benzene rings is 3. The zero-order valence-electron chi connectivity index (χ0n) is 17.0. The molecule has 4 rings (SSSR count). The Morgan fingerprint density at radius 2 is 1.97 bits per heavy atom. The predicted molar refractivity (Wildman–Crippen MR) is 129 cm³/mol. The quantitative estimate of drug-likeness (QED) is 0.334. The van der Waals surface area contributed by atoms with E-state index in [4.69, 9.17) is 21.4 Å². The summed E-state index contributed by atoms with van der Waals surface area (Å²) in [5, 5.41) is 5.70. The van der Waals surface area contributed by atoms with Crippen molar-refractivity contribution in [3.8, 4) is 17.2 Å². The summed E-state index contributed by atoms with van der Waals surface area (Å²) in [5.74, 6) is -0.172. The molecule has 6 nitrogen and oxygen atoms in total. The van der Waals surface area contributed by atoms with E-state index in [-0.39, 0.29) is 16.6 Å². The third-order valence-electron chi connectivity index (χ3n) is 4.66. The van der Waals surface area contributed by atoms with Crippen molar-refractivity contribution in [2.75, 3.05) is 12.4 Å². The van der Waals surface area contributed by atoms with Crippen molar-refractivity contribution in [3.63, 3.8) is 0 Å². The number of anilines is 1. The molecule has 0 aliphatic carbocycles. The van der Waals surface area contributed by atoms with Crippen molar-refractivity contribution in [2.45, 2.75) is 6.92 Å². The fourth-order valence-corrected chi connectivity index (χ4v) is 4.04. The monoisotopic (exact) mass is 513 g/mol. The number of rotatable bonds is 4. The lowest BCUT2D eigenvalue weighted by molar-refractivity contribution is 0.0974. The van der Waals surface area contributed by atoms with Gasteiger partial charge >= 0.3 is 0 Å². The summed E-state index contributed by atoms with van der Waals surface area (Å²) in [7, 11) is 1.51. The first-order chi connectivity index (χ1) is 15.4. The fraction of sp³-hybridized carbons (Fsp3) is 0.0870. The number of oxazole rings is 1. The van der Waals surface area contributed by atoms with Crippen LogP contribution in [0, 0.1) is 12.7 Å². The Morgan fingerprint density at radius 1 is 1.19 bits per heavy atom. The van der Waals surface area contributed by atoms with Crippen LogP contribution in [0.3, 0.4) is 0 Å². The third-order valence-corrected chi connectivity index (χ3v) is 5.33. The smallest absolute Gasteiger partial charge is 0.261 e. The van der Waals surface area contributed by atoms with Crippen LogP contribution in [0.1, 0.15) is 15.9 Å². The molecule has 2 N–H and O–H groups in total. The molecule has 0 saturated carbocycles. The van der Waals surface area contributed by atoms with E-state index in [2.05, 4.69) is 31.5 Å². The summed E-state index contributed by atoms with van der Waals surface area (Å²) in [5.41, 5.74) is 3.05. The number of methoxy groups -OCH3 is 1. The van der Waals surface area contributed by atoms with Gasteiger partial charge in [0.2, 0.25) is 5.89 Å². The molecule has 1 heterocycles. The maximum absolute atomic E-state index is 14.0. The van der Waals surface area contributed by atoms with Crippen LogP contribution in [0.25, 0.3) is 22.6 Å². The van der Waals surface area contributed by atoms with Gasteiger partial charge in [-0.25, -0.2) is 9.37 Å². The second-order valence-corrected chi connectivity index (χ2v) is 8.22. The van der Waals surface area contributed by atoms with E-state index in [1.54, 1.807) is 42.5 Å². The second kappa shape index (κ2) is 9.05. The molecule has 162 valence electrons. The number of thiocarbonyl (C=S) groups is 1. The van der Waals surface area contributed by atoms with Crippen molar-refractivity contribution in [1.82, 2.24) is 10.3 Å². The van der Waals surface area contributed by atoms with Crippen LogP contribution in [0.4, 0.5) is 10.1 Å². The minimum atomic E-state index is -0.417. The molecule has 0 radical (unpaired) electrons. The van der Waals surface area contributed by atoms with E-state index in [0.29, 0.717) is 28.1 Å². The Hall–Kier alpha value is -3.30. The van der Waals surface area contributed by atoms with E-state index in [1.807, 2.05) is 13.0 Å². The van der Waals surface area contributed by atoms with Crippen LogP contribution >= 0.6 is 28.1 Å². The van der Waals surface area contributed by atoms with Crippen molar-refractivity contribution in [2.24, 2.45) is 0 Å². The Kier molecular flexibility index (Phi) is 6.20. The van der Waals surface area contributed by atoms with Crippen LogP contribution in [-0.2, 0) is 0 Å². The number of halogens is 2. The van der Waals surface area contributed by atoms with Crippen molar-refractivity contribution in [1.29, 1.82) is 0 Å². The number of hydrogen-bond acceptors (Lipinski definition) is 5. The Labute approximate surface area is 196 Å². The number of carbonyl (C=O) groups excluding carboxylic acids is 1. The van der Waals surface area contributed by atoms with Gasteiger partial charge in [0.15, 0.2) is 10.7 Å². The van der Waals surface area contributed by atoms with Crippen LogP contribution in [0.2, 0.25) is 0 Å². The van der Waals surface area contributed by atoms with Crippen LogP contribution in [0.5, 0.6) is 5.75 Å². The van der Waals surface area contributed by atoms with E-state index >= 15 is 0 Å². The molecule has 0 fully saturated rings. The van der Waals surface area contributed by atoms with Crippen molar-refractivity contribution >= 4 is 56.0 Å². The largest absolute Gasteiger partial charge is 0.496 e. The van der Waals surface area contributed by atoms with E-state index < -0.39 is 11.7 Å². The highest BCUT2D eigenvalue weighted by Crippen LogP contribution is 2.29. The summed E-state index contributed by atoms with van der Waals surface area (Å²) < 4.78 is 25.8. The normalized spacial score (nSPS) is 10.8. The number of amides is 1. The summed E-state index contributed by atoms with van der Waals surface area (Å²) >= 11 is 8.68. The maximum atomic E-state index is 14.0. The van der Waals surface area contributed by atoms with Crippen LogP contribution in [-0.4, -0.2) is 23.1 Å². The van der Waals surface area contributed by atoms with Crippen molar-refractivity contribution < 1.29 is 18.3 Å². The molecular weight excluding hydrogens is 497 g/mol. The van der Waals surface area contributed by atoms with Crippen LogP contribution in [0.15, 0.2) is 63.5 Å². The minimum Gasteiger partial charge on any atom is -0.496 e. The molecule has 32 heavy (non-hydrogen) atoms. The Bertz CT molecular complexity index is 1360. The minimum absolute atomic E-state index is 0.104. The summed E-state index contributed by atoms with van der Waals surface area (Å²) in [6.07, 6.45) is 0. The third kappa shape index (κ3) is 4.49. The zero-order chi connectivity index (χ0) is 22.8. The SMILES string of the molecule is COc1c(C)cc(Br)cc1C(=O)NC(=S)Nc1ccc2oc(-c3ccccc3F)nc2c1. The molecule has 0 spiro atoms. The number of hydrogen-bond donors (Lipinski definition) is 2. The summed E-state index contributed by atoms with van der Waals surface area (Å²) in [6, 6.07) is 14.9. The van der Waals surface area contributed by atoms with Gasteiger partial charge in [-0.3, -0.25) is 10.1 Å². The molecule has 9 heteroatoms. The van der Waals surface area contributed by atoms with E-state index in [9.17, 15) is 9.18 Å². The fourth-order valence-electron chi connectivity index (χ4n) is 3.26. The van der Waals surface area contributed by atoms with Gasteiger partial charge in [0, 0.05) is 10.2 Å². The number of aryl methyl sites for hydroxylation is 1. The molecule has 3 aromatic carbocycles. The second-order valence-electron chi connectivity index (χ2n) is 6.89. The van der Waals surface area contributed by atoms with Crippen molar-refractivity contribution in [3.05, 3.63) is 76.0 Å². The molecule has 0 bridgehead atoms. The first-order valence-electron chi connectivity index (χ1n) is 9.47.